The molecule has 1 unspecified atom stereocenters. The maximum absolute atomic E-state index is 12.2. The molecule has 1 aromatic rings. The number of imide groups is 1. The van der Waals surface area contributed by atoms with Gasteiger partial charge >= 0.3 is 0 Å². The van der Waals surface area contributed by atoms with Gasteiger partial charge in [-0.1, -0.05) is 0 Å². The number of hydrogen-bond donors (Lipinski definition) is 1. The Morgan fingerprint density at radius 3 is 2.83 bits per heavy atom. The lowest BCUT2D eigenvalue weighted by molar-refractivity contribution is -0.136. The molecule has 0 aliphatic carbocycles. The Balaban J connectivity index is 1.84. The number of nitrogens with zero attached hydrogens (tertiary/aromatic N) is 1. The highest BCUT2D eigenvalue weighted by molar-refractivity contribution is 7.12. The lowest BCUT2D eigenvalue weighted by Gasteiger charge is -2.29. The number of amides is 3. The van der Waals surface area contributed by atoms with Crippen molar-refractivity contribution < 1.29 is 14.4 Å². The van der Waals surface area contributed by atoms with Crippen LogP contribution in [0.15, 0.2) is 6.07 Å². The zero-order valence-corrected chi connectivity index (χ0v) is 10.7. The molecule has 0 spiro atoms. The largest absolute Gasteiger partial charge is 0.321 e. The third-order valence-corrected chi connectivity index (χ3v) is 4.36. The van der Waals surface area contributed by atoms with E-state index < -0.39 is 6.04 Å². The van der Waals surface area contributed by atoms with Gasteiger partial charge in [-0.25, -0.2) is 0 Å². The van der Waals surface area contributed by atoms with E-state index in [0.717, 1.165) is 9.75 Å². The number of carbonyl (C=O) groups is 3. The molecule has 3 rings (SSSR count). The Kier molecular flexibility index (Phi) is 2.48. The van der Waals surface area contributed by atoms with Crippen LogP contribution in [0, 0.1) is 6.92 Å². The molecule has 3 amide bonds. The van der Waals surface area contributed by atoms with Crippen molar-refractivity contribution in [1.82, 2.24) is 10.2 Å². The molecule has 2 aliphatic heterocycles. The van der Waals surface area contributed by atoms with Crippen molar-refractivity contribution in [3.8, 4) is 0 Å². The molecule has 1 atom stereocenters. The summed E-state index contributed by atoms with van der Waals surface area (Å²) in [6.07, 6.45) is 0.719. The number of fused-ring (bicyclic) bond motifs is 1. The van der Waals surface area contributed by atoms with Crippen molar-refractivity contribution in [3.05, 3.63) is 21.4 Å². The number of piperidine rings is 1. The molecule has 0 saturated carbocycles. The van der Waals surface area contributed by atoms with Crippen LogP contribution in [0.25, 0.3) is 0 Å². The van der Waals surface area contributed by atoms with E-state index in [0.29, 0.717) is 24.9 Å². The van der Waals surface area contributed by atoms with E-state index in [1.807, 2.05) is 13.0 Å². The number of nitrogens with one attached hydrogen (secondary N) is 1. The molecule has 6 heteroatoms. The summed E-state index contributed by atoms with van der Waals surface area (Å²) in [5.41, 5.74) is 0.710. The average molecular weight is 264 g/mol. The summed E-state index contributed by atoms with van der Waals surface area (Å²) >= 11 is 1.59. The second-order valence-electron chi connectivity index (χ2n) is 4.59. The zero-order chi connectivity index (χ0) is 12.9. The molecule has 94 valence electrons. The lowest BCUT2D eigenvalue weighted by atomic mass is 10.0. The Morgan fingerprint density at radius 1 is 1.39 bits per heavy atom. The smallest absolute Gasteiger partial charge is 0.256 e. The van der Waals surface area contributed by atoms with E-state index in [2.05, 4.69) is 5.32 Å². The van der Waals surface area contributed by atoms with Crippen LogP contribution in [0.2, 0.25) is 0 Å². The summed E-state index contributed by atoms with van der Waals surface area (Å²) in [7, 11) is 0. The first-order valence-corrected chi connectivity index (χ1v) is 6.62. The highest BCUT2D eigenvalue weighted by Crippen LogP contribution is 2.33. The first kappa shape index (κ1) is 11.4. The SMILES string of the molecule is Cc1cc2c(s1)CN(C1CCC(=O)NC1=O)C2=O. The van der Waals surface area contributed by atoms with Crippen molar-refractivity contribution in [2.45, 2.75) is 32.4 Å². The fraction of sp³-hybridized carbons (Fsp3) is 0.417. The standard InChI is InChI=1S/C12H12N2O3S/c1-6-4-7-9(18-6)5-14(12(7)17)8-2-3-10(15)13-11(8)16/h4,8H,2-3,5H2,1H3,(H,13,15,16). The summed E-state index contributed by atoms with van der Waals surface area (Å²) in [4.78, 5) is 38.7. The van der Waals surface area contributed by atoms with Gasteiger partial charge < -0.3 is 4.90 Å². The Morgan fingerprint density at radius 2 is 2.17 bits per heavy atom. The van der Waals surface area contributed by atoms with Crippen LogP contribution >= 0.6 is 11.3 Å². The maximum atomic E-state index is 12.2. The lowest BCUT2D eigenvalue weighted by Crippen LogP contribution is -2.52. The van der Waals surface area contributed by atoms with Crippen LogP contribution in [0.1, 0.15) is 33.0 Å². The second kappa shape index (κ2) is 3.91. The monoisotopic (exact) mass is 264 g/mol. The molecule has 0 aromatic carbocycles. The van der Waals surface area contributed by atoms with Crippen LogP contribution in [-0.4, -0.2) is 28.7 Å². The first-order valence-electron chi connectivity index (χ1n) is 5.80. The van der Waals surface area contributed by atoms with E-state index in [9.17, 15) is 14.4 Å². The Bertz CT molecular complexity index is 564. The number of carbonyl (C=O) groups excluding carboxylic acids is 3. The quantitative estimate of drug-likeness (QED) is 0.764. The van der Waals surface area contributed by atoms with Gasteiger partial charge in [-0.2, -0.15) is 0 Å². The van der Waals surface area contributed by atoms with E-state index >= 15 is 0 Å². The number of rotatable bonds is 1. The fourth-order valence-corrected chi connectivity index (χ4v) is 3.50. The van der Waals surface area contributed by atoms with Crippen LogP contribution in [0.5, 0.6) is 0 Å². The fourth-order valence-electron chi connectivity index (χ4n) is 2.47. The molecular weight excluding hydrogens is 252 g/mol. The molecule has 3 heterocycles. The van der Waals surface area contributed by atoms with Crippen LogP contribution < -0.4 is 5.32 Å². The van der Waals surface area contributed by atoms with Crippen molar-refractivity contribution in [2.24, 2.45) is 0 Å². The molecule has 1 saturated heterocycles. The molecule has 18 heavy (non-hydrogen) atoms. The van der Waals surface area contributed by atoms with Gasteiger partial charge in [0.2, 0.25) is 11.8 Å². The maximum Gasteiger partial charge on any atom is 0.256 e. The van der Waals surface area contributed by atoms with Crippen LogP contribution in [-0.2, 0) is 16.1 Å². The minimum absolute atomic E-state index is 0.0937. The molecule has 1 aromatic heterocycles. The van der Waals surface area contributed by atoms with Gasteiger partial charge in [-0.05, 0) is 19.4 Å². The second-order valence-corrected chi connectivity index (χ2v) is 5.93. The predicted octanol–water partition coefficient (Wildman–Crippen LogP) is 0.818. The molecule has 0 radical (unpaired) electrons. The first-order chi connectivity index (χ1) is 8.56. The Hall–Kier alpha value is -1.69. The van der Waals surface area contributed by atoms with Crippen molar-refractivity contribution in [2.75, 3.05) is 0 Å². The third kappa shape index (κ3) is 1.64. The highest BCUT2D eigenvalue weighted by atomic mass is 32.1. The summed E-state index contributed by atoms with van der Waals surface area (Å²) in [6, 6.07) is 1.36. The van der Waals surface area contributed by atoms with E-state index in [1.165, 1.54) is 0 Å². The van der Waals surface area contributed by atoms with Crippen molar-refractivity contribution in [1.29, 1.82) is 0 Å². The minimum atomic E-state index is -0.505. The van der Waals surface area contributed by atoms with Gasteiger partial charge in [0, 0.05) is 16.2 Å². The van der Waals surface area contributed by atoms with E-state index in [1.54, 1.807) is 16.2 Å². The number of aryl methyl sites for hydroxylation is 1. The average Bonchev–Trinajstić information content (AvgIpc) is 2.78. The highest BCUT2D eigenvalue weighted by Gasteiger charge is 2.39. The van der Waals surface area contributed by atoms with Crippen molar-refractivity contribution >= 4 is 29.1 Å². The molecule has 0 bridgehead atoms. The molecule has 2 aliphatic rings. The summed E-state index contributed by atoms with van der Waals surface area (Å²) in [6.45, 7) is 2.45. The molecule has 5 nitrogen and oxygen atoms in total. The normalized spacial score (nSPS) is 23.3. The summed E-state index contributed by atoms with van der Waals surface area (Å²) in [5, 5.41) is 2.29. The van der Waals surface area contributed by atoms with E-state index in [4.69, 9.17) is 0 Å². The number of hydrogen-bond acceptors (Lipinski definition) is 4. The van der Waals surface area contributed by atoms with Crippen molar-refractivity contribution in [3.63, 3.8) is 0 Å². The van der Waals surface area contributed by atoms with E-state index in [-0.39, 0.29) is 17.7 Å². The minimum Gasteiger partial charge on any atom is -0.321 e. The summed E-state index contributed by atoms with van der Waals surface area (Å²) in [5.74, 6) is -0.705. The van der Waals surface area contributed by atoms with Gasteiger partial charge in [-0.3, -0.25) is 19.7 Å². The zero-order valence-electron chi connectivity index (χ0n) is 9.86. The van der Waals surface area contributed by atoms with Crippen LogP contribution in [0.4, 0.5) is 0 Å². The van der Waals surface area contributed by atoms with Gasteiger partial charge in [0.25, 0.3) is 5.91 Å². The topological polar surface area (TPSA) is 66.5 Å². The van der Waals surface area contributed by atoms with Crippen LogP contribution in [0.3, 0.4) is 0 Å². The van der Waals surface area contributed by atoms with Gasteiger partial charge in [-0.15, -0.1) is 11.3 Å². The summed E-state index contributed by atoms with van der Waals surface area (Å²) < 4.78 is 0. The molecule has 1 fully saturated rings. The van der Waals surface area contributed by atoms with Gasteiger partial charge in [0.1, 0.15) is 6.04 Å². The van der Waals surface area contributed by atoms with Gasteiger partial charge in [0.15, 0.2) is 0 Å². The third-order valence-electron chi connectivity index (χ3n) is 3.32. The van der Waals surface area contributed by atoms with Gasteiger partial charge in [0.05, 0.1) is 12.1 Å². The predicted molar refractivity (Wildman–Crippen MR) is 65.1 cm³/mol. The molecular formula is C12H12N2O3S. The number of thiophene rings is 1. The molecule has 1 N–H and O–H groups in total. The Labute approximate surface area is 108 Å².